The van der Waals surface area contributed by atoms with Crippen molar-refractivity contribution < 1.29 is 27.1 Å². The van der Waals surface area contributed by atoms with Gasteiger partial charge in [0, 0.05) is 13.1 Å². The molecule has 1 aliphatic heterocycles. The molecule has 1 heterocycles. The number of rotatable bonds is 3. The molecule has 8 heteroatoms. The van der Waals surface area contributed by atoms with E-state index < -0.39 is 38.1 Å². The van der Waals surface area contributed by atoms with Gasteiger partial charge in [-0.3, -0.25) is 0 Å². The van der Waals surface area contributed by atoms with E-state index in [0.29, 0.717) is 18.9 Å². The molecule has 0 amide bonds. The Hall–Kier alpha value is -1.54. The summed E-state index contributed by atoms with van der Waals surface area (Å²) in [6.45, 7) is 0.503. The number of nitrogens with zero attached hydrogens (tertiary/aromatic N) is 1. The van der Waals surface area contributed by atoms with Crippen molar-refractivity contribution in [2.45, 2.75) is 17.7 Å². The fourth-order valence-corrected chi connectivity index (χ4v) is 3.58. The minimum Gasteiger partial charge on any atom is -0.477 e. The largest absolute Gasteiger partial charge is 0.477 e. The van der Waals surface area contributed by atoms with Crippen LogP contribution in [0.25, 0.3) is 0 Å². The Bertz CT molecular complexity index is 624. The first-order chi connectivity index (χ1) is 8.85. The van der Waals surface area contributed by atoms with Crippen LogP contribution in [0.4, 0.5) is 8.78 Å². The third kappa shape index (κ3) is 2.33. The zero-order valence-corrected chi connectivity index (χ0v) is 10.6. The topological polar surface area (TPSA) is 74.7 Å². The molecular formula is C11H11F2NO4S. The fraction of sp³-hybridized carbons (Fsp3) is 0.364. The van der Waals surface area contributed by atoms with Crippen LogP contribution in [-0.4, -0.2) is 36.9 Å². The number of hydrogen-bond donors (Lipinski definition) is 1. The highest BCUT2D eigenvalue weighted by Crippen LogP contribution is 2.26. The molecule has 0 unspecified atom stereocenters. The summed E-state index contributed by atoms with van der Waals surface area (Å²) in [5, 5.41) is 8.71. The molecule has 5 nitrogen and oxygen atoms in total. The van der Waals surface area contributed by atoms with E-state index in [9.17, 15) is 22.0 Å². The van der Waals surface area contributed by atoms with E-state index in [-0.39, 0.29) is 13.1 Å². The van der Waals surface area contributed by atoms with Gasteiger partial charge in [0.1, 0.15) is 16.3 Å². The lowest BCUT2D eigenvalue weighted by Gasteiger charge is -2.16. The van der Waals surface area contributed by atoms with Gasteiger partial charge in [0.2, 0.25) is 10.0 Å². The summed E-state index contributed by atoms with van der Waals surface area (Å²) >= 11 is 0. The highest BCUT2D eigenvalue weighted by atomic mass is 32.2. The van der Waals surface area contributed by atoms with Crippen LogP contribution in [0.3, 0.4) is 0 Å². The minimum atomic E-state index is -4.11. The Morgan fingerprint density at radius 3 is 2.32 bits per heavy atom. The zero-order chi connectivity index (χ0) is 14.2. The third-order valence-electron chi connectivity index (χ3n) is 2.95. The number of halogens is 2. The summed E-state index contributed by atoms with van der Waals surface area (Å²) in [7, 11) is -4.11. The predicted molar refractivity (Wildman–Crippen MR) is 61.3 cm³/mol. The van der Waals surface area contributed by atoms with Crippen molar-refractivity contribution in [2.75, 3.05) is 13.1 Å². The fourth-order valence-electron chi connectivity index (χ4n) is 2.00. The normalized spacial score (nSPS) is 16.7. The SMILES string of the molecule is O=C(O)c1c(F)ccc(S(=O)(=O)N2CCCC2)c1F. The van der Waals surface area contributed by atoms with Crippen LogP contribution < -0.4 is 0 Å². The summed E-state index contributed by atoms with van der Waals surface area (Å²) in [5.41, 5.74) is -1.25. The van der Waals surface area contributed by atoms with Gasteiger partial charge >= 0.3 is 5.97 Å². The summed E-state index contributed by atoms with van der Waals surface area (Å²) in [5.74, 6) is -4.70. The molecule has 104 valence electrons. The number of benzene rings is 1. The first-order valence-corrected chi connectivity index (χ1v) is 7.01. The van der Waals surface area contributed by atoms with Crippen LogP contribution in [0, 0.1) is 11.6 Å². The van der Waals surface area contributed by atoms with Gasteiger partial charge in [-0.15, -0.1) is 0 Å². The second-order valence-corrected chi connectivity index (χ2v) is 6.06. The second kappa shape index (κ2) is 4.86. The van der Waals surface area contributed by atoms with Gasteiger partial charge in [0.25, 0.3) is 0 Å². The Morgan fingerprint density at radius 2 is 1.79 bits per heavy atom. The first kappa shape index (κ1) is 13.9. The predicted octanol–water partition coefficient (Wildman–Crippen LogP) is 1.45. The number of sulfonamides is 1. The average molecular weight is 291 g/mol. The maximum Gasteiger partial charge on any atom is 0.341 e. The number of carboxylic acid groups (broad SMARTS) is 1. The van der Waals surface area contributed by atoms with Crippen molar-refractivity contribution in [2.24, 2.45) is 0 Å². The molecule has 0 aromatic heterocycles. The molecule has 0 atom stereocenters. The van der Waals surface area contributed by atoms with Crippen molar-refractivity contribution in [1.82, 2.24) is 4.31 Å². The van der Waals surface area contributed by atoms with E-state index in [2.05, 4.69) is 0 Å². The van der Waals surface area contributed by atoms with Crippen LogP contribution in [0.2, 0.25) is 0 Å². The molecule has 1 aromatic carbocycles. The van der Waals surface area contributed by atoms with Gasteiger partial charge in [-0.1, -0.05) is 0 Å². The van der Waals surface area contributed by atoms with E-state index >= 15 is 0 Å². The van der Waals surface area contributed by atoms with Gasteiger partial charge < -0.3 is 5.11 Å². The van der Waals surface area contributed by atoms with E-state index in [1.807, 2.05) is 0 Å². The Morgan fingerprint density at radius 1 is 1.21 bits per heavy atom. The van der Waals surface area contributed by atoms with Crippen LogP contribution in [0.5, 0.6) is 0 Å². The van der Waals surface area contributed by atoms with Crippen molar-refractivity contribution in [3.8, 4) is 0 Å². The molecule has 1 aromatic rings. The number of aromatic carboxylic acids is 1. The first-order valence-electron chi connectivity index (χ1n) is 5.57. The lowest BCUT2D eigenvalue weighted by molar-refractivity contribution is 0.0685. The minimum absolute atomic E-state index is 0.252. The molecule has 0 saturated carbocycles. The Kier molecular flexibility index (Phi) is 3.55. The molecule has 1 fully saturated rings. The molecule has 0 spiro atoms. The van der Waals surface area contributed by atoms with Crippen molar-refractivity contribution in [3.63, 3.8) is 0 Å². The molecule has 1 aliphatic rings. The van der Waals surface area contributed by atoms with Crippen molar-refractivity contribution in [1.29, 1.82) is 0 Å². The molecule has 19 heavy (non-hydrogen) atoms. The molecule has 1 saturated heterocycles. The van der Waals surface area contributed by atoms with E-state index in [1.54, 1.807) is 0 Å². The molecule has 1 N–H and O–H groups in total. The maximum atomic E-state index is 13.9. The quantitative estimate of drug-likeness (QED) is 0.914. The van der Waals surface area contributed by atoms with Gasteiger partial charge in [0.05, 0.1) is 0 Å². The lowest BCUT2D eigenvalue weighted by Crippen LogP contribution is -2.29. The van der Waals surface area contributed by atoms with Crippen LogP contribution in [0.15, 0.2) is 17.0 Å². The highest BCUT2D eigenvalue weighted by Gasteiger charge is 2.32. The number of carboxylic acids is 1. The summed E-state index contributed by atoms with van der Waals surface area (Å²) in [4.78, 5) is 9.96. The second-order valence-electron chi connectivity index (χ2n) is 4.15. The van der Waals surface area contributed by atoms with Gasteiger partial charge in [-0.25, -0.2) is 22.0 Å². The summed E-state index contributed by atoms with van der Waals surface area (Å²) in [6, 6.07) is 1.40. The van der Waals surface area contributed by atoms with Crippen molar-refractivity contribution >= 4 is 16.0 Å². The number of hydrogen-bond acceptors (Lipinski definition) is 3. The molecule has 2 rings (SSSR count). The molecule has 0 radical (unpaired) electrons. The summed E-state index contributed by atoms with van der Waals surface area (Å²) in [6.07, 6.45) is 1.32. The van der Waals surface area contributed by atoms with E-state index in [4.69, 9.17) is 5.11 Å². The van der Waals surface area contributed by atoms with Crippen LogP contribution in [-0.2, 0) is 10.0 Å². The summed E-state index contributed by atoms with van der Waals surface area (Å²) < 4.78 is 52.4. The van der Waals surface area contributed by atoms with Gasteiger partial charge in [0.15, 0.2) is 5.82 Å². The average Bonchev–Trinajstić information content (AvgIpc) is 2.81. The smallest absolute Gasteiger partial charge is 0.341 e. The highest BCUT2D eigenvalue weighted by molar-refractivity contribution is 7.89. The van der Waals surface area contributed by atoms with Gasteiger partial charge in [-0.2, -0.15) is 4.31 Å². The van der Waals surface area contributed by atoms with Crippen LogP contribution >= 0.6 is 0 Å². The van der Waals surface area contributed by atoms with E-state index in [0.717, 1.165) is 10.4 Å². The Labute approximate surface area is 108 Å². The molecule has 0 bridgehead atoms. The maximum absolute atomic E-state index is 13.9. The Balaban J connectivity index is 2.57. The lowest BCUT2D eigenvalue weighted by atomic mass is 10.2. The van der Waals surface area contributed by atoms with Crippen molar-refractivity contribution in [3.05, 3.63) is 29.3 Å². The zero-order valence-electron chi connectivity index (χ0n) is 9.77. The molecule has 0 aliphatic carbocycles. The van der Waals surface area contributed by atoms with Crippen LogP contribution in [0.1, 0.15) is 23.2 Å². The third-order valence-corrected chi connectivity index (χ3v) is 4.87. The number of carbonyl (C=O) groups is 1. The van der Waals surface area contributed by atoms with E-state index in [1.165, 1.54) is 0 Å². The monoisotopic (exact) mass is 291 g/mol. The molecular weight excluding hydrogens is 280 g/mol. The van der Waals surface area contributed by atoms with Gasteiger partial charge in [-0.05, 0) is 25.0 Å². The standard InChI is InChI=1S/C11H11F2NO4S/c12-7-3-4-8(10(13)9(7)11(15)16)19(17,18)14-5-1-2-6-14/h3-4H,1-2,5-6H2,(H,15,16).